The first-order valence-electron chi connectivity index (χ1n) is 6.51. The van der Waals surface area contributed by atoms with Crippen molar-refractivity contribution in [1.29, 1.82) is 0 Å². The summed E-state index contributed by atoms with van der Waals surface area (Å²) in [5, 5.41) is 5.17. The molecule has 0 saturated heterocycles. The van der Waals surface area contributed by atoms with Crippen molar-refractivity contribution in [3.8, 4) is 5.82 Å². The fourth-order valence-corrected chi connectivity index (χ4v) is 2.52. The number of halogens is 1. The molecule has 0 atom stereocenters. The molecule has 3 rings (SSSR count). The summed E-state index contributed by atoms with van der Waals surface area (Å²) in [6.07, 6.45) is 2.72. The minimum absolute atomic E-state index is 0.558. The van der Waals surface area contributed by atoms with Crippen LogP contribution in [0.2, 0.25) is 5.02 Å². The monoisotopic (exact) mass is 289 g/mol. The van der Waals surface area contributed by atoms with Gasteiger partial charge in [0.15, 0.2) is 5.82 Å². The predicted molar refractivity (Wildman–Crippen MR) is 79.6 cm³/mol. The smallest absolute Gasteiger partial charge is 0.175 e. The van der Waals surface area contributed by atoms with Crippen LogP contribution in [0.5, 0.6) is 0 Å². The van der Waals surface area contributed by atoms with Gasteiger partial charge in [-0.3, -0.25) is 0 Å². The van der Waals surface area contributed by atoms with Crippen molar-refractivity contribution >= 4 is 17.2 Å². The normalized spacial score (nSPS) is 11.4. The Morgan fingerprint density at radius 1 is 1.30 bits per heavy atom. The van der Waals surface area contributed by atoms with Crippen LogP contribution in [0.4, 0.5) is 0 Å². The molecule has 0 fully saturated rings. The third-order valence-corrected chi connectivity index (χ3v) is 3.94. The molecular weight excluding hydrogens is 274 g/mol. The SMILES string of the molecule is Cc1nn(-c2nc3ccccn3c2CCN)c(C)c1Cl. The molecule has 0 aliphatic rings. The number of rotatable bonds is 3. The summed E-state index contributed by atoms with van der Waals surface area (Å²) in [6.45, 7) is 4.39. The van der Waals surface area contributed by atoms with Gasteiger partial charge in [0.05, 0.1) is 22.1 Å². The molecule has 2 N–H and O–H groups in total. The van der Waals surface area contributed by atoms with E-state index in [4.69, 9.17) is 17.3 Å². The number of imidazole rings is 1. The largest absolute Gasteiger partial charge is 0.330 e. The lowest BCUT2D eigenvalue weighted by Crippen LogP contribution is -2.10. The average molecular weight is 290 g/mol. The number of hydrogen-bond acceptors (Lipinski definition) is 3. The number of nitrogens with two attached hydrogens (primary N) is 1. The molecule has 0 radical (unpaired) electrons. The summed E-state index contributed by atoms with van der Waals surface area (Å²) in [5.41, 5.74) is 9.36. The van der Waals surface area contributed by atoms with Crippen LogP contribution in [0.3, 0.4) is 0 Å². The van der Waals surface area contributed by atoms with E-state index in [1.165, 1.54) is 0 Å². The highest BCUT2D eigenvalue weighted by atomic mass is 35.5. The number of hydrogen-bond donors (Lipinski definition) is 1. The zero-order valence-corrected chi connectivity index (χ0v) is 12.2. The van der Waals surface area contributed by atoms with Crippen LogP contribution < -0.4 is 5.73 Å². The van der Waals surface area contributed by atoms with Gasteiger partial charge in [-0.05, 0) is 32.5 Å². The minimum atomic E-state index is 0.558. The maximum Gasteiger partial charge on any atom is 0.175 e. The second-order valence-electron chi connectivity index (χ2n) is 4.75. The standard InChI is InChI=1S/C14H16ClN5/c1-9-13(15)10(2)20(18-9)14-11(6-7-16)19-8-4-3-5-12(19)17-14/h3-5,8H,6-7,16H2,1-2H3. The molecule has 0 amide bonds. The second-order valence-corrected chi connectivity index (χ2v) is 5.12. The Hall–Kier alpha value is -1.85. The summed E-state index contributed by atoms with van der Waals surface area (Å²) in [6, 6.07) is 5.91. The summed E-state index contributed by atoms with van der Waals surface area (Å²) in [5.74, 6) is 0.800. The van der Waals surface area contributed by atoms with Crippen LogP contribution in [-0.2, 0) is 6.42 Å². The van der Waals surface area contributed by atoms with E-state index >= 15 is 0 Å². The van der Waals surface area contributed by atoms with E-state index in [-0.39, 0.29) is 0 Å². The number of aromatic nitrogens is 4. The lowest BCUT2D eigenvalue weighted by molar-refractivity contribution is 0.786. The molecule has 0 bridgehead atoms. The van der Waals surface area contributed by atoms with E-state index in [0.717, 1.165) is 35.0 Å². The molecule has 0 spiro atoms. The fourth-order valence-electron chi connectivity index (χ4n) is 2.40. The number of nitrogens with zero attached hydrogens (tertiary/aromatic N) is 4. The average Bonchev–Trinajstić information content (AvgIpc) is 2.93. The molecule has 20 heavy (non-hydrogen) atoms. The lowest BCUT2D eigenvalue weighted by atomic mass is 10.3. The number of fused-ring (bicyclic) bond motifs is 1. The topological polar surface area (TPSA) is 61.1 Å². The van der Waals surface area contributed by atoms with Gasteiger partial charge >= 0.3 is 0 Å². The van der Waals surface area contributed by atoms with Crippen molar-refractivity contribution in [2.45, 2.75) is 20.3 Å². The Labute approximate surface area is 122 Å². The third-order valence-electron chi connectivity index (χ3n) is 3.39. The molecule has 3 aromatic rings. The molecule has 0 aromatic carbocycles. The van der Waals surface area contributed by atoms with Gasteiger partial charge in [-0.25, -0.2) is 9.67 Å². The highest BCUT2D eigenvalue weighted by Gasteiger charge is 2.18. The van der Waals surface area contributed by atoms with Crippen LogP contribution in [0.25, 0.3) is 11.5 Å². The first-order valence-corrected chi connectivity index (χ1v) is 6.89. The van der Waals surface area contributed by atoms with Gasteiger partial charge in [0.2, 0.25) is 0 Å². The molecule has 3 heterocycles. The molecular formula is C14H16ClN5. The van der Waals surface area contributed by atoms with Crippen molar-refractivity contribution in [3.63, 3.8) is 0 Å². The Morgan fingerprint density at radius 3 is 2.75 bits per heavy atom. The molecule has 104 valence electrons. The third kappa shape index (κ3) is 1.90. The van der Waals surface area contributed by atoms with E-state index in [1.54, 1.807) is 4.68 Å². The van der Waals surface area contributed by atoms with Crippen molar-refractivity contribution < 1.29 is 0 Å². The van der Waals surface area contributed by atoms with Gasteiger partial charge in [0, 0.05) is 12.6 Å². The minimum Gasteiger partial charge on any atom is -0.330 e. The highest BCUT2D eigenvalue weighted by Crippen LogP contribution is 2.24. The fraction of sp³-hybridized carbons (Fsp3) is 0.286. The molecule has 0 saturated carbocycles. The molecule has 6 heteroatoms. The first kappa shape index (κ1) is 13.1. The second kappa shape index (κ2) is 4.92. The first-order chi connectivity index (χ1) is 9.63. The van der Waals surface area contributed by atoms with Gasteiger partial charge in [-0.15, -0.1) is 0 Å². The van der Waals surface area contributed by atoms with E-state index in [2.05, 4.69) is 10.1 Å². The maximum atomic E-state index is 6.23. The predicted octanol–water partition coefficient (Wildman–Crippen LogP) is 2.29. The van der Waals surface area contributed by atoms with Crippen molar-refractivity contribution in [3.05, 3.63) is 46.5 Å². The Morgan fingerprint density at radius 2 is 2.10 bits per heavy atom. The van der Waals surface area contributed by atoms with Crippen molar-refractivity contribution in [2.24, 2.45) is 5.73 Å². The molecule has 0 aliphatic heterocycles. The number of pyridine rings is 1. The quantitative estimate of drug-likeness (QED) is 0.805. The summed E-state index contributed by atoms with van der Waals surface area (Å²) < 4.78 is 3.85. The van der Waals surface area contributed by atoms with Gasteiger partial charge in [-0.2, -0.15) is 5.10 Å². The number of aryl methyl sites for hydroxylation is 1. The molecule has 5 nitrogen and oxygen atoms in total. The van der Waals surface area contributed by atoms with Crippen LogP contribution in [0.15, 0.2) is 24.4 Å². The van der Waals surface area contributed by atoms with Gasteiger partial charge in [0.25, 0.3) is 0 Å². The van der Waals surface area contributed by atoms with Crippen molar-refractivity contribution in [1.82, 2.24) is 19.2 Å². The van der Waals surface area contributed by atoms with Gasteiger partial charge in [0.1, 0.15) is 5.65 Å². The van der Waals surface area contributed by atoms with E-state index in [0.29, 0.717) is 11.6 Å². The van der Waals surface area contributed by atoms with E-state index < -0.39 is 0 Å². The van der Waals surface area contributed by atoms with Gasteiger partial charge in [-0.1, -0.05) is 17.7 Å². The molecule has 0 unspecified atom stereocenters. The van der Waals surface area contributed by atoms with Crippen LogP contribution in [0, 0.1) is 13.8 Å². The maximum absolute atomic E-state index is 6.23. The van der Waals surface area contributed by atoms with Crippen LogP contribution in [0.1, 0.15) is 17.1 Å². The zero-order valence-electron chi connectivity index (χ0n) is 11.5. The Kier molecular flexibility index (Phi) is 3.23. The van der Waals surface area contributed by atoms with Crippen molar-refractivity contribution in [2.75, 3.05) is 6.54 Å². The highest BCUT2D eigenvalue weighted by molar-refractivity contribution is 6.31. The molecule has 0 aliphatic carbocycles. The summed E-state index contributed by atoms with van der Waals surface area (Å²) >= 11 is 6.23. The Bertz CT molecular complexity index is 771. The van der Waals surface area contributed by atoms with Crippen LogP contribution in [-0.4, -0.2) is 25.7 Å². The Balaban J connectivity index is 2.29. The summed E-state index contributed by atoms with van der Waals surface area (Å²) in [7, 11) is 0. The lowest BCUT2D eigenvalue weighted by Gasteiger charge is -2.05. The van der Waals surface area contributed by atoms with Crippen LogP contribution >= 0.6 is 11.6 Å². The molecule has 3 aromatic heterocycles. The zero-order chi connectivity index (χ0) is 14.3. The van der Waals surface area contributed by atoms with E-state index in [9.17, 15) is 0 Å². The van der Waals surface area contributed by atoms with Gasteiger partial charge < -0.3 is 10.1 Å². The summed E-state index contributed by atoms with van der Waals surface area (Å²) in [4.78, 5) is 4.67. The van der Waals surface area contributed by atoms with E-state index in [1.807, 2.05) is 42.6 Å².